The Morgan fingerprint density at radius 2 is 2.03 bits per heavy atom. The lowest BCUT2D eigenvalue weighted by Gasteiger charge is -2.48. The second-order valence-corrected chi connectivity index (χ2v) is 8.83. The third-order valence-corrected chi connectivity index (χ3v) is 6.69. The molecule has 1 amide bonds. The van der Waals surface area contributed by atoms with Gasteiger partial charge >= 0.3 is 0 Å². The average molecular weight is 415 g/mol. The van der Waals surface area contributed by atoms with Crippen molar-refractivity contribution in [1.29, 1.82) is 0 Å². The lowest BCUT2D eigenvalue weighted by molar-refractivity contribution is -0.0802. The highest BCUT2D eigenvalue weighted by Gasteiger charge is 2.39. The van der Waals surface area contributed by atoms with Gasteiger partial charge in [0.25, 0.3) is 5.91 Å². The minimum absolute atomic E-state index is 0.126. The first-order valence-corrected chi connectivity index (χ1v) is 11.4. The van der Waals surface area contributed by atoms with Crippen molar-refractivity contribution in [2.75, 3.05) is 19.8 Å². The fourth-order valence-electron chi connectivity index (χ4n) is 4.87. The lowest BCUT2D eigenvalue weighted by Crippen LogP contribution is -2.60. The molecule has 3 heterocycles. The van der Waals surface area contributed by atoms with E-state index in [1.807, 2.05) is 4.68 Å². The van der Waals surface area contributed by atoms with E-state index >= 15 is 0 Å². The molecule has 0 saturated carbocycles. The van der Waals surface area contributed by atoms with E-state index in [-0.39, 0.29) is 23.7 Å². The Morgan fingerprint density at radius 1 is 1.30 bits per heavy atom. The average Bonchev–Trinajstić information content (AvgIpc) is 3.10. The van der Waals surface area contributed by atoms with Gasteiger partial charge in [-0.05, 0) is 51.3 Å². The number of hydrogen-bond donors (Lipinski definition) is 2. The zero-order valence-electron chi connectivity index (χ0n) is 18.3. The Hall–Kier alpha value is -2.12. The number of rotatable bonds is 7. The SMILES string of the molecule is CCCCN1C2COCC1CC(NC(=O)c1nn([C@@H](C)CC)c3cc(O)ccc13)C2. The van der Waals surface area contributed by atoms with Crippen molar-refractivity contribution in [3.05, 3.63) is 23.9 Å². The van der Waals surface area contributed by atoms with Gasteiger partial charge in [0.15, 0.2) is 5.69 Å². The van der Waals surface area contributed by atoms with Crippen molar-refractivity contribution in [1.82, 2.24) is 20.0 Å². The number of nitrogens with zero attached hydrogens (tertiary/aromatic N) is 3. The molecule has 1 aromatic carbocycles. The number of nitrogens with one attached hydrogen (secondary N) is 1. The summed E-state index contributed by atoms with van der Waals surface area (Å²) in [6.45, 7) is 9.00. The number of unbranched alkanes of at least 4 members (excludes halogenated alkanes) is 1. The minimum atomic E-state index is -0.126. The van der Waals surface area contributed by atoms with Gasteiger partial charge in [-0.1, -0.05) is 20.3 Å². The molecule has 7 nitrogen and oxygen atoms in total. The van der Waals surface area contributed by atoms with Gasteiger partial charge in [-0.3, -0.25) is 14.4 Å². The van der Waals surface area contributed by atoms with Crippen LogP contribution >= 0.6 is 0 Å². The number of carbonyl (C=O) groups excluding carboxylic acids is 1. The molecular formula is C23H34N4O3. The van der Waals surface area contributed by atoms with Crippen molar-refractivity contribution >= 4 is 16.8 Å². The number of hydrogen-bond acceptors (Lipinski definition) is 5. The van der Waals surface area contributed by atoms with Crippen LogP contribution in [0.3, 0.4) is 0 Å². The van der Waals surface area contributed by atoms with Crippen LogP contribution in [0, 0.1) is 0 Å². The summed E-state index contributed by atoms with van der Waals surface area (Å²) in [5.74, 6) is 0.0601. The normalized spacial score (nSPS) is 25.4. The smallest absolute Gasteiger partial charge is 0.272 e. The maximum atomic E-state index is 13.2. The van der Waals surface area contributed by atoms with E-state index in [0.29, 0.717) is 17.8 Å². The molecule has 4 rings (SSSR count). The molecule has 7 heteroatoms. The summed E-state index contributed by atoms with van der Waals surface area (Å²) in [6.07, 6.45) is 5.12. The maximum absolute atomic E-state index is 13.2. The van der Waals surface area contributed by atoms with Gasteiger partial charge in [0.2, 0.25) is 0 Å². The summed E-state index contributed by atoms with van der Waals surface area (Å²) in [6, 6.07) is 6.14. The van der Waals surface area contributed by atoms with E-state index in [1.165, 1.54) is 12.8 Å². The highest BCUT2D eigenvalue weighted by atomic mass is 16.5. The third kappa shape index (κ3) is 4.05. The zero-order valence-corrected chi connectivity index (χ0v) is 18.3. The predicted molar refractivity (Wildman–Crippen MR) is 117 cm³/mol. The second-order valence-electron chi connectivity index (χ2n) is 8.83. The number of phenolic OH excluding ortho intramolecular Hbond substituents is 1. The molecule has 2 saturated heterocycles. The standard InChI is InChI=1S/C23H34N4O3/c1-4-6-9-26-17-10-16(11-18(26)14-30-13-17)24-23(29)22-20-8-7-19(28)12-21(20)27(25-22)15(3)5-2/h7-8,12,15-18,28H,4-6,9-11,13-14H2,1-3H3,(H,24,29)/t15-,16?,17?,18?/m0/s1. The molecule has 0 aliphatic carbocycles. The number of piperidine rings is 1. The Labute approximate surface area is 178 Å². The topological polar surface area (TPSA) is 79.6 Å². The van der Waals surface area contributed by atoms with Crippen molar-refractivity contribution in [3.8, 4) is 5.75 Å². The van der Waals surface area contributed by atoms with E-state index in [0.717, 1.165) is 49.9 Å². The fraction of sp³-hybridized carbons (Fsp3) is 0.652. The molecule has 2 unspecified atom stereocenters. The molecule has 0 radical (unpaired) electrons. The first-order valence-electron chi connectivity index (χ1n) is 11.4. The molecule has 2 N–H and O–H groups in total. The quantitative estimate of drug-likeness (QED) is 0.725. The van der Waals surface area contributed by atoms with Gasteiger partial charge in [-0.2, -0.15) is 5.10 Å². The number of aromatic nitrogens is 2. The lowest BCUT2D eigenvalue weighted by atomic mass is 9.89. The van der Waals surface area contributed by atoms with Crippen LogP contribution in [0.4, 0.5) is 0 Å². The van der Waals surface area contributed by atoms with Crippen LogP contribution in [0.15, 0.2) is 18.2 Å². The van der Waals surface area contributed by atoms with Crippen LogP contribution in [0.25, 0.3) is 10.9 Å². The van der Waals surface area contributed by atoms with Gasteiger partial charge in [-0.25, -0.2) is 0 Å². The largest absolute Gasteiger partial charge is 0.508 e. The van der Waals surface area contributed by atoms with Crippen molar-refractivity contribution in [2.45, 2.75) is 77.0 Å². The van der Waals surface area contributed by atoms with Gasteiger partial charge < -0.3 is 15.2 Å². The van der Waals surface area contributed by atoms with Crippen molar-refractivity contribution in [2.24, 2.45) is 0 Å². The monoisotopic (exact) mass is 414 g/mol. The van der Waals surface area contributed by atoms with Crippen LogP contribution in [-0.4, -0.2) is 63.6 Å². The number of morpholine rings is 1. The third-order valence-electron chi connectivity index (χ3n) is 6.69. The van der Waals surface area contributed by atoms with Crippen LogP contribution in [0.2, 0.25) is 0 Å². The van der Waals surface area contributed by atoms with Crippen molar-refractivity contribution in [3.63, 3.8) is 0 Å². The number of aromatic hydroxyl groups is 1. The molecule has 30 heavy (non-hydrogen) atoms. The summed E-state index contributed by atoms with van der Waals surface area (Å²) in [7, 11) is 0. The Balaban J connectivity index is 1.53. The molecule has 2 aliphatic heterocycles. The maximum Gasteiger partial charge on any atom is 0.272 e. The first kappa shape index (κ1) is 21.1. The molecule has 2 bridgehead atoms. The molecule has 164 valence electrons. The molecule has 2 aromatic rings. The van der Waals surface area contributed by atoms with Crippen LogP contribution in [0.1, 0.15) is 69.4 Å². The summed E-state index contributed by atoms with van der Waals surface area (Å²) in [4.78, 5) is 15.8. The van der Waals surface area contributed by atoms with Gasteiger partial charge in [0.05, 0.1) is 18.7 Å². The number of ether oxygens (including phenoxy) is 1. The van der Waals surface area contributed by atoms with E-state index in [1.54, 1.807) is 18.2 Å². The van der Waals surface area contributed by atoms with Crippen LogP contribution in [-0.2, 0) is 4.74 Å². The van der Waals surface area contributed by atoms with Gasteiger partial charge in [0, 0.05) is 35.6 Å². The summed E-state index contributed by atoms with van der Waals surface area (Å²) in [5.41, 5.74) is 1.24. The Morgan fingerprint density at radius 3 is 2.70 bits per heavy atom. The number of phenols is 1. The van der Waals surface area contributed by atoms with Crippen molar-refractivity contribution < 1.29 is 14.6 Å². The van der Waals surface area contributed by atoms with Gasteiger partial charge in [0.1, 0.15) is 5.75 Å². The molecule has 3 atom stereocenters. The van der Waals surface area contributed by atoms with Gasteiger partial charge in [-0.15, -0.1) is 0 Å². The summed E-state index contributed by atoms with van der Waals surface area (Å²) in [5, 5.41) is 18.6. The number of benzene rings is 1. The Bertz CT molecular complexity index is 882. The second kappa shape index (κ2) is 8.94. The number of fused-ring (bicyclic) bond motifs is 3. The van der Waals surface area contributed by atoms with E-state index < -0.39 is 0 Å². The highest BCUT2D eigenvalue weighted by Crippen LogP contribution is 2.30. The molecular weight excluding hydrogens is 380 g/mol. The van der Waals surface area contributed by atoms with E-state index in [9.17, 15) is 9.90 Å². The first-order chi connectivity index (χ1) is 14.5. The molecule has 2 aliphatic rings. The van der Waals surface area contributed by atoms with E-state index in [2.05, 4.69) is 36.1 Å². The molecule has 2 fully saturated rings. The number of amides is 1. The number of carbonyl (C=O) groups is 1. The molecule has 1 aromatic heterocycles. The fourth-order valence-corrected chi connectivity index (χ4v) is 4.87. The summed E-state index contributed by atoms with van der Waals surface area (Å²) < 4.78 is 7.66. The zero-order chi connectivity index (χ0) is 21.3. The Kier molecular flexibility index (Phi) is 6.29. The van der Waals surface area contributed by atoms with Crippen LogP contribution in [0.5, 0.6) is 5.75 Å². The van der Waals surface area contributed by atoms with Crippen LogP contribution < -0.4 is 5.32 Å². The minimum Gasteiger partial charge on any atom is -0.508 e. The molecule has 0 spiro atoms. The summed E-state index contributed by atoms with van der Waals surface area (Å²) >= 11 is 0. The predicted octanol–water partition coefficient (Wildman–Crippen LogP) is 3.47. The van der Waals surface area contributed by atoms with E-state index in [4.69, 9.17) is 4.74 Å². The highest BCUT2D eigenvalue weighted by molar-refractivity contribution is 6.05.